The lowest BCUT2D eigenvalue weighted by atomic mass is 9.92. The largest absolute Gasteiger partial charge is 0.491 e. The summed E-state index contributed by atoms with van der Waals surface area (Å²) in [5.41, 5.74) is 3.27. The van der Waals surface area contributed by atoms with E-state index in [2.05, 4.69) is 25.2 Å². The van der Waals surface area contributed by atoms with Gasteiger partial charge in [-0.05, 0) is 30.7 Å². The van der Waals surface area contributed by atoms with Crippen LogP contribution in [0.25, 0.3) is 10.9 Å². The molecule has 1 aliphatic heterocycles. The fraction of sp³-hybridized carbons (Fsp3) is 0.407. The van der Waals surface area contributed by atoms with Crippen LogP contribution in [-0.2, 0) is 14.3 Å². The molecule has 1 unspecified atom stereocenters. The molecule has 1 aliphatic rings. The molecule has 1 N–H and O–H groups in total. The Morgan fingerprint density at radius 3 is 2.92 bits per heavy atom. The first-order chi connectivity index (χ1) is 18.4. The number of rotatable bonds is 11. The van der Waals surface area contributed by atoms with Crippen molar-refractivity contribution < 1.29 is 23.4 Å². The molecule has 9 nitrogen and oxygen atoms in total. The number of hydrogen-bond donors (Lipinski definition) is 1. The average molecular weight is 544 g/mol. The topological polar surface area (TPSA) is 98.2 Å². The van der Waals surface area contributed by atoms with Gasteiger partial charge in [0.15, 0.2) is 0 Å². The van der Waals surface area contributed by atoms with Crippen LogP contribution in [0.5, 0.6) is 5.75 Å². The second-order valence-corrected chi connectivity index (χ2v) is 9.28. The van der Waals surface area contributed by atoms with Gasteiger partial charge in [-0.15, -0.1) is 0 Å². The standard InChI is InChI=1S/C27H31ClFN5O4/c1-18(35)33-21-5-6-34(7-8-36-2)26(13-21)22-11-19-15-30-16-31-25(19)14-27(22)38-10-9-37-17-32-20-3-4-24(29)23(28)12-20/h3-4,11-12,14-16,26,32H,5-10,13,17H2,1-2H3. The molecule has 1 aromatic heterocycles. The number of piperidine rings is 1. The molecular weight excluding hydrogens is 513 g/mol. The first-order valence-electron chi connectivity index (χ1n) is 12.4. The molecule has 1 atom stereocenters. The minimum Gasteiger partial charge on any atom is -0.491 e. The summed E-state index contributed by atoms with van der Waals surface area (Å²) in [4.78, 5) is 26.8. The van der Waals surface area contributed by atoms with E-state index in [1.165, 1.54) is 25.4 Å². The van der Waals surface area contributed by atoms with E-state index in [9.17, 15) is 9.18 Å². The molecule has 0 saturated carbocycles. The Morgan fingerprint density at radius 1 is 1.26 bits per heavy atom. The highest BCUT2D eigenvalue weighted by Gasteiger charge is 2.30. The molecule has 2 aromatic carbocycles. The summed E-state index contributed by atoms with van der Waals surface area (Å²) >= 11 is 5.82. The monoisotopic (exact) mass is 543 g/mol. The summed E-state index contributed by atoms with van der Waals surface area (Å²) in [7, 11) is 1.68. The van der Waals surface area contributed by atoms with Crippen molar-refractivity contribution in [1.29, 1.82) is 0 Å². The number of nitrogens with one attached hydrogen (secondary N) is 1. The highest BCUT2D eigenvalue weighted by atomic mass is 35.5. The van der Waals surface area contributed by atoms with Gasteiger partial charge < -0.3 is 19.5 Å². The van der Waals surface area contributed by atoms with E-state index in [-0.39, 0.29) is 23.7 Å². The van der Waals surface area contributed by atoms with Crippen LogP contribution < -0.4 is 10.1 Å². The summed E-state index contributed by atoms with van der Waals surface area (Å²) in [6.45, 7) is 4.38. The first kappa shape index (κ1) is 27.8. The number of amides is 1. The van der Waals surface area contributed by atoms with Gasteiger partial charge in [-0.2, -0.15) is 0 Å². The van der Waals surface area contributed by atoms with Crippen LogP contribution >= 0.6 is 11.6 Å². The van der Waals surface area contributed by atoms with E-state index in [1.54, 1.807) is 19.4 Å². The van der Waals surface area contributed by atoms with Gasteiger partial charge in [0.2, 0.25) is 5.91 Å². The highest BCUT2D eigenvalue weighted by molar-refractivity contribution is 6.31. The Balaban J connectivity index is 1.48. The maximum absolute atomic E-state index is 13.3. The van der Waals surface area contributed by atoms with Crippen molar-refractivity contribution in [2.45, 2.75) is 25.8 Å². The summed E-state index contributed by atoms with van der Waals surface area (Å²) in [5, 5.41) is 3.98. The van der Waals surface area contributed by atoms with Crippen molar-refractivity contribution in [1.82, 2.24) is 14.9 Å². The van der Waals surface area contributed by atoms with E-state index in [1.807, 2.05) is 12.1 Å². The summed E-state index contributed by atoms with van der Waals surface area (Å²) in [5.74, 6) is 0.0251. The molecule has 0 radical (unpaired) electrons. The van der Waals surface area contributed by atoms with Crippen molar-refractivity contribution in [2.75, 3.05) is 52.1 Å². The van der Waals surface area contributed by atoms with E-state index < -0.39 is 5.82 Å². The number of fused-ring (bicyclic) bond motifs is 1. The van der Waals surface area contributed by atoms with Crippen molar-refractivity contribution in [2.24, 2.45) is 4.99 Å². The fourth-order valence-corrected chi connectivity index (χ4v) is 4.61. The van der Waals surface area contributed by atoms with Crippen molar-refractivity contribution >= 4 is 39.8 Å². The number of likely N-dealkylation sites (tertiary alicyclic amines) is 1. The van der Waals surface area contributed by atoms with Gasteiger partial charge in [-0.1, -0.05) is 11.6 Å². The molecule has 1 saturated heterocycles. The number of benzene rings is 2. The van der Waals surface area contributed by atoms with Gasteiger partial charge in [0, 0.05) is 74.2 Å². The Kier molecular flexibility index (Phi) is 9.94. The molecule has 0 spiro atoms. The Labute approximate surface area is 226 Å². The zero-order chi connectivity index (χ0) is 26.9. The molecule has 38 heavy (non-hydrogen) atoms. The third-order valence-corrected chi connectivity index (χ3v) is 6.52. The van der Waals surface area contributed by atoms with Gasteiger partial charge in [0.05, 0.1) is 23.8 Å². The lowest BCUT2D eigenvalue weighted by Crippen LogP contribution is -2.39. The van der Waals surface area contributed by atoms with Crippen LogP contribution in [-0.4, -0.2) is 73.2 Å². The second-order valence-electron chi connectivity index (χ2n) is 8.87. The van der Waals surface area contributed by atoms with Crippen LogP contribution in [0.2, 0.25) is 5.02 Å². The number of anilines is 1. The zero-order valence-electron chi connectivity index (χ0n) is 21.5. The molecule has 2 heterocycles. The van der Waals surface area contributed by atoms with Crippen LogP contribution in [0.4, 0.5) is 10.1 Å². The van der Waals surface area contributed by atoms with Crippen molar-refractivity contribution in [3.8, 4) is 5.75 Å². The van der Waals surface area contributed by atoms with Crippen molar-refractivity contribution in [3.05, 3.63) is 59.3 Å². The number of aromatic nitrogens is 2. The summed E-state index contributed by atoms with van der Waals surface area (Å²) in [6, 6.07) is 8.30. The molecule has 202 valence electrons. The summed E-state index contributed by atoms with van der Waals surface area (Å²) in [6.07, 6.45) is 4.62. The number of hydrogen-bond acceptors (Lipinski definition) is 8. The van der Waals surface area contributed by atoms with Gasteiger partial charge in [0.1, 0.15) is 31.2 Å². The van der Waals surface area contributed by atoms with E-state index in [0.29, 0.717) is 37.7 Å². The molecule has 11 heteroatoms. The minimum absolute atomic E-state index is 0.0461. The van der Waals surface area contributed by atoms with Gasteiger partial charge in [-0.3, -0.25) is 9.69 Å². The number of carbonyl (C=O) groups excluding carboxylic acids is 1. The van der Waals surface area contributed by atoms with Crippen LogP contribution in [0.15, 0.2) is 47.8 Å². The van der Waals surface area contributed by atoms with Gasteiger partial charge in [0.25, 0.3) is 0 Å². The number of nitrogens with zero attached hydrogens (tertiary/aromatic N) is 4. The quantitative estimate of drug-likeness (QED) is 0.275. The molecule has 0 aliphatic carbocycles. The summed E-state index contributed by atoms with van der Waals surface area (Å²) < 4.78 is 30.5. The second kappa shape index (κ2) is 13.6. The zero-order valence-corrected chi connectivity index (χ0v) is 22.2. The Hall–Kier alpha value is -3.18. The molecular formula is C27H31ClFN5O4. The molecule has 1 fully saturated rings. The number of ether oxygens (including phenoxy) is 3. The molecule has 3 aromatic rings. The van der Waals surface area contributed by atoms with E-state index in [4.69, 9.17) is 25.8 Å². The lowest BCUT2D eigenvalue weighted by Gasteiger charge is -2.37. The van der Waals surface area contributed by atoms with Crippen molar-refractivity contribution in [3.63, 3.8) is 0 Å². The Morgan fingerprint density at radius 2 is 2.13 bits per heavy atom. The molecule has 0 bridgehead atoms. The predicted molar refractivity (Wildman–Crippen MR) is 144 cm³/mol. The Bertz CT molecular complexity index is 1290. The highest BCUT2D eigenvalue weighted by Crippen LogP contribution is 2.37. The number of methoxy groups -OCH3 is 1. The predicted octanol–water partition coefficient (Wildman–Crippen LogP) is 4.66. The van der Waals surface area contributed by atoms with Crippen LogP contribution in [0, 0.1) is 5.82 Å². The average Bonchev–Trinajstić information content (AvgIpc) is 2.91. The van der Waals surface area contributed by atoms with E-state index >= 15 is 0 Å². The minimum atomic E-state index is -0.471. The molecule has 4 rings (SSSR count). The number of aliphatic imine (C=N–C) groups is 1. The van der Waals surface area contributed by atoms with Crippen LogP contribution in [0.1, 0.15) is 31.4 Å². The van der Waals surface area contributed by atoms with Gasteiger partial charge >= 0.3 is 0 Å². The third kappa shape index (κ3) is 7.44. The third-order valence-electron chi connectivity index (χ3n) is 6.23. The first-order valence-corrected chi connectivity index (χ1v) is 12.8. The molecule has 1 amide bonds. The number of carbonyl (C=O) groups is 1. The smallest absolute Gasteiger partial charge is 0.242 e. The maximum Gasteiger partial charge on any atom is 0.242 e. The number of halogens is 2. The lowest BCUT2D eigenvalue weighted by molar-refractivity contribution is -0.115. The maximum atomic E-state index is 13.3. The normalized spacial score (nSPS) is 17.2. The van der Waals surface area contributed by atoms with E-state index in [0.717, 1.165) is 41.7 Å². The SMILES string of the molecule is COCCN1CCC(=NC(C)=O)CC1c1cc2cncnc2cc1OCCOCNc1ccc(F)c(Cl)c1. The van der Waals surface area contributed by atoms with Gasteiger partial charge in [-0.25, -0.2) is 19.4 Å². The van der Waals surface area contributed by atoms with Crippen LogP contribution in [0.3, 0.4) is 0 Å². The fourth-order valence-electron chi connectivity index (χ4n) is 4.43.